The summed E-state index contributed by atoms with van der Waals surface area (Å²) in [6, 6.07) is 6.86. The maximum Gasteiger partial charge on any atom is 0.340 e. The zero-order valence-electron chi connectivity index (χ0n) is 10.3. The zero-order valence-corrected chi connectivity index (χ0v) is 10.3. The molecule has 0 aromatic heterocycles. The van der Waals surface area contributed by atoms with Crippen molar-refractivity contribution >= 4 is 11.7 Å². The van der Waals surface area contributed by atoms with E-state index in [1.54, 1.807) is 31.4 Å². The van der Waals surface area contributed by atoms with E-state index in [0.717, 1.165) is 0 Å². The molecule has 0 saturated heterocycles. The summed E-state index contributed by atoms with van der Waals surface area (Å²) >= 11 is 0. The molecular formula is C12H18N2O4. The third-order valence-electron chi connectivity index (χ3n) is 2.20. The van der Waals surface area contributed by atoms with Gasteiger partial charge in [0, 0.05) is 7.11 Å². The van der Waals surface area contributed by atoms with Crippen molar-refractivity contribution in [3.63, 3.8) is 0 Å². The number of esters is 1. The lowest BCUT2D eigenvalue weighted by molar-refractivity contribution is 0.0214. The van der Waals surface area contributed by atoms with Crippen molar-refractivity contribution in [1.82, 2.24) is 0 Å². The highest BCUT2D eigenvalue weighted by molar-refractivity contribution is 5.95. The molecule has 3 N–H and O–H groups in total. The normalized spacial score (nSPS) is 10.1. The Morgan fingerprint density at radius 2 is 1.94 bits per heavy atom. The molecule has 0 bridgehead atoms. The monoisotopic (exact) mass is 254 g/mol. The molecule has 0 aliphatic heterocycles. The largest absolute Gasteiger partial charge is 0.460 e. The van der Waals surface area contributed by atoms with Crippen LogP contribution in [-0.4, -0.2) is 39.5 Å². The topological polar surface area (TPSA) is 82.8 Å². The molecular weight excluding hydrogens is 236 g/mol. The van der Waals surface area contributed by atoms with Crippen LogP contribution in [0.1, 0.15) is 10.4 Å². The fraction of sp³-hybridized carbons (Fsp3) is 0.417. The van der Waals surface area contributed by atoms with Gasteiger partial charge in [-0.1, -0.05) is 12.1 Å². The zero-order chi connectivity index (χ0) is 13.2. The number of anilines is 1. The predicted molar refractivity (Wildman–Crippen MR) is 67.2 cm³/mol. The summed E-state index contributed by atoms with van der Waals surface area (Å²) in [6.07, 6.45) is 0. The fourth-order valence-corrected chi connectivity index (χ4v) is 1.30. The van der Waals surface area contributed by atoms with Gasteiger partial charge in [0.25, 0.3) is 0 Å². The molecule has 1 rings (SSSR count). The lowest BCUT2D eigenvalue weighted by atomic mass is 10.2. The number of hydrogen-bond donors (Lipinski definition) is 2. The van der Waals surface area contributed by atoms with Crippen molar-refractivity contribution < 1.29 is 19.0 Å². The summed E-state index contributed by atoms with van der Waals surface area (Å²) in [4.78, 5) is 11.7. The van der Waals surface area contributed by atoms with Crippen LogP contribution < -0.4 is 11.3 Å². The number of rotatable bonds is 8. The quantitative estimate of drug-likeness (QED) is 0.309. The van der Waals surface area contributed by atoms with Gasteiger partial charge in [-0.2, -0.15) is 0 Å². The highest BCUT2D eigenvalue weighted by atomic mass is 16.6. The van der Waals surface area contributed by atoms with E-state index in [1.165, 1.54) is 0 Å². The Morgan fingerprint density at radius 3 is 2.67 bits per heavy atom. The highest BCUT2D eigenvalue weighted by Crippen LogP contribution is 2.14. The molecule has 6 heteroatoms. The number of carbonyl (C=O) groups excluding carboxylic acids is 1. The molecule has 0 fully saturated rings. The van der Waals surface area contributed by atoms with E-state index in [-0.39, 0.29) is 6.61 Å². The molecule has 0 saturated carbocycles. The molecule has 100 valence electrons. The van der Waals surface area contributed by atoms with Gasteiger partial charge in [0.15, 0.2) is 0 Å². The SMILES string of the molecule is COCCOCCOC(=O)c1ccccc1NN. The molecule has 0 amide bonds. The van der Waals surface area contributed by atoms with Gasteiger partial charge in [-0.25, -0.2) is 4.79 Å². The van der Waals surface area contributed by atoms with Gasteiger partial charge < -0.3 is 19.6 Å². The van der Waals surface area contributed by atoms with Crippen molar-refractivity contribution in [2.24, 2.45) is 5.84 Å². The molecule has 1 aromatic rings. The molecule has 0 heterocycles. The Labute approximate surface area is 106 Å². The summed E-state index contributed by atoms with van der Waals surface area (Å²) in [6.45, 7) is 1.54. The van der Waals surface area contributed by atoms with Gasteiger partial charge in [0.05, 0.1) is 31.1 Å². The third-order valence-corrected chi connectivity index (χ3v) is 2.20. The summed E-state index contributed by atoms with van der Waals surface area (Å²) < 4.78 is 15.0. The van der Waals surface area contributed by atoms with Gasteiger partial charge in [-0.05, 0) is 12.1 Å². The Balaban J connectivity index is 2.32. The Bertz CT molecular complexity index is 371. The van der Waals surface area contributed by atoms with Crippen molar-refractivity contribution in [3.8, 4) is 0 Å². The number of hydrazine groups is 1. The van der Waals surface area contributed by atoms with Crippen LogP contribution in [0.15, 0.2) is 24.3 Å². The number of methoxy groups -OCH3 is 1. The lowest BCUT2D eigenvalue weighted by Gasteiger charge is -2.09. The van der Waals surface area contributed by atoms with Crippen molar-refractivity contribution in [3.05, 3.63) is 29.8 Å². The highest BCUT2D eigenvalue weighted by Gasteiger charge is 2.11. The summed E-state index contributed by atoms with van der Waals surface area (Å²) in [5, 5.41) is 0. The molecule has 1 aromatic carbocycles. The fourth-order valence-electron chi connectivity index (χ4n) is 1.30. The minimum absolute atomic E-state index is 0.196. The number of carbonyl (C=O) groups is 1. The number of ether oxygens (including phenoxy) is 3. The average molecular weight is 254 g/mol. The lowest BCUT2D eigenvalue weighted by Crippen LogP contribution is -2.16. The van der Waals surface area contributed by atoms with Gasteiger partial charge >= 0.3 is 5.97 Å². The van der Waals surface area contributed by atoms with Crippen LogP contribution in [-0.2, 0) is 14.2 Å². The van der Waals surface area contributed by atoms with Gasteiger partial charge in [0.2, 0.25) is 0 Å². The molecule has 6 nitrogen and oxygen atoms in total. The minimum atomic E-state index is -0.432. The van der Waals surface area contributed by atoms with Gasteiger partial charge in [0.1, 0.15) is 6.61 Å². The van der Waals surface area contributed by atoms with E-state index in [9.17, 15) is 4.79 Å². The summed E-state index contributed by atoms with van der Waals surface area (Å²) in [5.74, 6) is 4.87. The van der Waals surface area contributed by atoms with Crippen LogP contribution in [0.3, 0.4) is 0 Å². The second-order valence-electron chi connectivity index (χ2n) is 3.43. The first-order valence-electron chi connectivity index (χ1n) is 5.59. The predicted octanol–water partition coefficient (Wildman–Crippen LogP) is 0.792. The molecule has 0 aliphatic rings. The third kappa shape index (κ3) is 4.70. The van der Waals surface area contributed by atoms with E-state index >= 15 is 0 Å². The first kappa shape index (κ1) is 14.4. The number of nitrogen functional groups attached to an aromatic ring is 1. The second-order valence-corrected chi connectivity index (χ2v) is 3.43. The van der Waals surface area contributed by atoms with Crippen LogP contribution in [0.5, 0.6) is 0 Å². The number of hydrogen-bond acceptors (Lipinski definition) is 6. The van der Waals surface area contributed by atoms with E-state index < -0.39 is 5.97 Å². The van der Waals surface area contributed by atoms with Crippen molar-refractivity contribution in [2.75, 3.05) is 39.0 Å². The molecule has 0 atom stereocenters. The van der Waals surface area contributed by atoms with Crippen LogP contribution >= 0.6 is 0 Å². The first-order chi connectivity index (χ1) is 8.79. The van der Waals surface area contributed by atoms with Gasteiger partial charge in [-0.15, -0.1) is 0 Å². The maximum absolute atomic E-state index is 11.7. The van der Waals surface area contributed by atoms with Crippen LogP contribution in [0.4, 0.5) is 5.69 Å². The van der Waals surface area contributed by atoms with Crippen LogP contribution in [0.2, 0.25) is 0 Å². The number of nitrogens with two attached hydrogens (primary N) is 1. The Kier molecular flexibility index (Phi) is 6.78. The summed E-state index contributed by atoms with van der Waals surface area (Å²) in [7, 11) is 1.60. The summed E-state index contributed by atoms with van der Waals surface area (Å²) in [5.41, 5.74) is 3.38. The molecule has 0 radical (unpaired) electrons. The van der Waals surface area contributed by atoms with Crippen LogP contribution in [0, 0.1) is 0 Å². The number of para-hydroxylation sites is 1. The molecule has 0 spiro atoms. The van der Waals surface area contributed by atoms with E-state index in [1.807, 2.05) is 0 Å². The number of nitrogens with one attached hydrogen (secondary N) is 1. The Hall–Kier alpha value is -1.63. The van der Waals surface area contributed by atoms with Gasteiger partial charge in [-0.3, -0.25) is 5.84 Å². The first-order valence-corrected chi connectivity index (χ1v) is 5.59. The van der Waals surface area contributed by atoms with Crippen molar-refractivity contribution in [2.45, 2.75) is 0 Å². The molecule has 0 aliphatic carbocycles. The van der Waals surface area contributed by atoms with E-state index in [4.69, 9.17) is 20.1 Å². The standard InChI is InChI=1S/C12H18N2O4/c1-16-6-7-17-8-9-18-12(15)10-4-2-3-5-11(10)14-13/h2-5,14H,6-9,13H2,1H3. The minimum Gasteiger partial charge on any atom is -0.460 e. The van der Waals surface area contributed by atoms with E-state index in [2.05, 4.69) is 5.43 Å². The smallest absolute Gasteiger partial charge is 0.340 e. The number of benzene rings is 1. The average Bonchev–Trinajstić information content (AvgIpc) is 2.42. The molecule has 18 heavy (non-hydrogen) atoms. The second kappa shape index (κ2) is 8.46. The van der Waals surface area contributed by atoms with Crippen LogP contribution in [0.25, 0.3) is 0 Å². The Morgan fingerprint density at radius 1 is 1.22 bits per heavy atom. The van der Waals surface area contributed by atoms with Crippen molar-refractivity contribution in [1.29, 1.82) is 0 Å². The maximum atomic E-state index is 11.7. The van der Waals surface area contributed by atoms with E-state index in [0.29, 0.717) is 31.1 Å². The molecule has 0 unspecified atom stereocenters.